The molecule has 1 saturated heterocycles. The molecule has 1 aliphatic rings. The molecule has 0 amide bonds. The van der Waals surface area contributed by atoms with E-state index in [1.807, 2.05) is 24.3 Å². The van der Waals surface area contributed by atoms with Crippen molar-refractivity contribution in [1.29, 1.82) is 0 Å². The van der Waals surface area contributed by atoms with E-state index in [1.165, 1.54) is 0 Å². The molecule has 4 nitrogen and oxygen atoms in total. The number of fused-ring (bicyclic) bond motifs is 1. The summed E-state index contributed by atoms with van der Waals surface area (Å²) in [4.78, 5) is 4.20. The summed E-state index contributed by atoms with van der Waals surface area (Å²) in [5, 5.41) is 11.4. The first-order valence-corrected chi connectivity index (χ1v) is 7.59. The van der Waals surface area contributed by atoms with Crippen molar-refractivity contribution in [3.63, 3.8) is 0 Å². The van der Waals surface area contributed by atoms with E-state index in [4.69, 9.17) is 0 Å². The number of pyridine rings is 1. The minimum Gasteiger partial charge on any atom is -0.384 e. The third-order valence-electron chi connectivity index (χ3n) is 3.43. The van der Waals surface area contributed by atoms with Gasteiger partial charge >= 0.3 is 0 Å². The topological polar surface area (TPSA) is 67.3 Å². The van der Waals surface area contributed by atoms with Crippen LogP contribution in [0.15, 0.2) is 36.5 Å². The maximum absolute atomic E-state index is 11.5. The highest BCUT2D eigenvalue weighted by molar-refractivity contribution is 7.91. The van der Waals surface area contributed by atoms with Gasteiger partial charge in [-0.15, -0.1) is 0 Å². The Morgan fingerprint density at radius 1 is 1.28 bits per heavy atom. The van der Waals surface area contributed by atoms with Crippen LogP contribution >= 0.6 is 0 Å². The van der Waals surface area contributed by atoms with Crippen LogP contribution in [0, 0.1) is 0 Å². The molecule has 1 aromatic heterocycles. The third-order valence-corrected chi connectivity index (χ3v) is 5.17. The Balaban J connectivity index is 2.10. The second kappa shape index (κ2) is 3.76. The fourth-order valence-corrected chi connectivity index (χ4v) is 4.26. The van der Waals surface area contributed by atoms with Gasteiger partial charge in [0.2, 0.25) is 0 Å². The summed E-state index contributed by atoms with van der Waals surface area (Å²) in [7, 11) is -3.12. The van der Waals surface area contributed by atoms with Crippen LogP contribution in [-0.2, 0) is 15.4 Å². The van der Waals surface area contributed by atoms with Crippen molar-refractivity contribution in [1.82, 2.24) is 4.98 Å². The molecule has 2 heterocycles. The van der Waals surface area contributed by atoms with Gasteiger partial charge in [0.25, 0.3) is 0 Å². The molecule has 0 saturated carbocycles. The van der Waals surface area contributed by atoms with Gasteiger partial charge < -0.3 is 5.11 Å². The maximum Gasteiger partial charge on any atom is 0.153 e. The highest BCUT2D eigenvalue weighted by Crippen LogP contribution is 2.34. The number of hydrogen-bond acceptors (Lipinski definition) is 4. The van der Waals surface area contributed by atoms with Crippen LogP contribution in [0.25, 0.3) is 10.9 Å². The SMILES string of the molecule is O=S1(=O)CCC(O)(c2ccc3ncccc3c2)C1. The molecule has 1 aliphatic heterocycles. The van der Waals surface area contributed by atoms with Crippen LogP contribution in [0.2, 0.25) is 0 Å². The third kappa shape index (κ3) is 1.89. The van der Waals surface area contributed by atoms with Crippen molar-refractivity contribution in [2.24, 2.45) is 0 Å². The normalized spacial score (nSPS) is 26.5. The van der Waals surface area contributed by atoms with Crippen LogP contribution in [0.3, 0.4) is 0 Å². The fourth-order valence-electron chi connectivity index (χ4n) is 2.43. The lowest BCUT2D eigenvalue weighted by Gasteiger charge is -2.21. The van der Waals surface area contributed by atoms with Gasteiger partial charge in [-0.3, -0.25) is 4.98 Å². The summed E-state index contributed by atoms with van der Waals surface area (Å²) < 4.78 is 23.0. The van der Waals surface area contributed by atoms with Gasteiger partial charge in [-0.25, -0.2) is 8.42 Å². The molecule has 1 fully saturated rings. The van der Waals surface area contributed by atoms with Crippen LogP contribution in [0.1, 0.15) is 12.0 Å². The molecule has 1 unspecified atom stereocenters. The van der Waals surface area contributed by atoms with Crippen molar-refractivity contribution in [3.8, 4) is 0 Å². The molecule has 2 aromatic rings. The van der Waals surface area contributed by atoms with Crippen molar-refractivity contribution in [2.45, 2.75) is 12.0 Å². The van der Waals surface area contributed by atoms with E-state index >= 15 is 0 Å². The smallest absolute Gasteiger partial charge is 0.153 e. The summed E-state index contributed by atoms with van der Waals surface area (Å²) >= 11 is 0. The number of rotatable bonds is 1. The van der Waals surface area contributed by atoms with E-state index in [1.54, 1.807) is 12.3 Å². The Labute approximate surface area is 105 Å². The number of benzene rings is 1. The number of hydrogen-bond donors (Lipinski definition) is 1. The van der Waals surface area contributed by atoms with Crippen LogP contribution in [0.4, 0.5) is 0 Å². The summed E-state index contributed by atoms with van der Waals surface area (Å²) in [5.41, 5.74) is 0.248. The van der Waals surface area contributed by atoms with Crippen LogP contribution in [0.5, 0.6) is 0 Å². The molecule has 1 N–H and O–H groups in total. The molecule has 0 spiro atoms. The first kappa shape index (κ1) is 11.6. The predicted octanol–water partition coefficient (Wildman–Crippen LogP) is 1.24. The highest BCUT2D eigenvalue weighted by atomic mass is 32.2. The standard InChI is InChI=1S/C13H13NO3S/c15-13(5-7-18(16,17)9-13)11-3-4-12-10(8-11)2-1-6-14-12/h1-4,6,8,15H,5,7,9H2. The maximum atomic E-state index is 11.5. The van der Waals surface area contributed by atoms with Gasteiger partial charge in [0.05, 0.1) is 17.0 Å². The van der Waals surface area contributed by atoms with E-state index < -0.39 is 15.4 Å². The molecule has 0 aliphatic carbocycles. The zero-order chi connectivity index (χ0) is 12.8. The van der Waals surface area contributed by atoms with E-state index in [2.05, 4.69) is 4.98 Å². The summed E-state index contributed by atoms with van der Waals surface area (Å²) in [6.45, 7) is 0. The first-order valence-electron chi connectivity index (χ1n) is 5.77. The fraction of sp³-hybridized carbons (Fsp3) is 0.308. The lowest BCUT2D eigenvalue weighted by Crippen LogP contribution is -2.26. The summed E-state index contributed by atoms with van der Waals surface area (Å²) in [5.74, 6) is -0.139. The van der Waals surface area contributed by atoms with E-state index in [9.17, 15) is 13.5 Å². The molecule has 1 atom stereocenters. The van der Waals surface area contributed by atoms with Crippen molar-refractivity contribution in [3.05, 3.63) is 42.1 Å². The molecule has 0 bridgehead atoms. The number of sulfone groups is 1. The first-order chi connectivity index (χ1) is 8.49. The zero-order valence-electron chi connectivity index (χ0n) is 9.70. The number of aliphatic hydroxyl groups is 1. The largest absolute Gasteiger partial charge is 0.384 e. The van der Waals surface area contributed by atoms with E-state index in [0.29, 0.717) is 5.56 Å². The molecule has 0 radical (unpaired) electrons. The Morgan fingerprint density at radius 2 is 2.11 bits per heavy atom. The minimum absolute atomic E-state index is 0.0502. The van der Waals surface area contributed by atoms with Gasteiger partial charge in [0.15, 0.2) is 9.84 Å². The molecule has 3 rings (SSSR count). The molecular weight excluding hydrogens is 250 g/mol. The Bertz CT molecular complexity index is 711. The average Bonchev–Trinajstić information content (AvgIpc) is 2.64. The molecule has 18 heavy (non-hydrogen) atoms. The Kier molecular flexibility index (Phi) is 2.43. The average molecular weight is 263 g/mol. The highest BCUT2D eigenvalue weighted by Gasteiger charge is 2.41. The number of aromatic nitrogens is 1. The Hall–Kier alpha value is -1.46. The lowest BCUT2D eigenvalue weighted by molar-refractivity contribution is 0.0654. The van der Waals surface area contributed by atoms with E-state index in [-0.39, 0.29) is 17.9 Å². The van der Waals surface area contributed by atoms with Crippen LogP contribution in [-0.4, -0.2) is 30.0 Å². The second-order valence-electron chi connectivity index (χ2n) is 4.78. The zero-order valence-corrected chi connectivity index (χ0v) is 10.5. The Morgan fingerprint density at radius 3 is 2.83 bits per heavy atom. The summed E-state index contributed by atoms with van der Waals surface area (Å²) in [6, 6.07) is 9.12. The van der Waals surface area contributed by atoms with Gasteiger partial charge in [-0.05, 0) is 30.2 Å². The minimum atomic E-state index is -3.12. The van der Waals surface area contributed by atoms with Crippen LogP contribution < -0.4 is 0 Å². The van der Waals surface area contributed by atoms with Gasteiger partial charge in [0.1, 0.15) is 5.60 Å². The van der Waals surface area contributed by atoms with Gasteiger partial charge in [-0.2, -0.15) is 0 Å². The van der Waals surface area contributed by atoms with E-state index in [0.717, 1.165) is 10.9 Å². The quantitative estimate of drug-likeness (QED) is 0.840. The van der Waals surface area contributed by atoms with Crippen molar-refractivity contribution in [2.75, 3.05) is 11.5 Å². The van der Waals surface area contributed by atoms with Crippen molar-refractivity contribution < 1.29 is 13.5 Å². The van der Waals surface area contributed by atoms with Gasteiger partial charge in [-0.1, -0.05) is 12.1 Å². The second-order valence-corrected chi connectivity index (χ2v) is 6.97. The number of nitrogens with zero attached hydrogens (tertiary/aromatic N) is 1. The lowest BCUT2D eigenvalue weighted by atomic mass is 9.92. The molecule has 1 aromatic carbocycles. The van der Waals surface area contributed by atoms with Crippen molar-refractivity contribution >= 4 is 20.7 Å². The summed E-state index contributed by atoms with van der Waals surface area (Å²) in [6.07, 6.45) is 1.97. The van der Waals surface area contributed by atoms with Gasteiger partial charge in [0, 0.05) is 11.6 Å². The molecule has 5 heteroatoms. The molecule has 94 valence electrons. The molecular formula is C13H13NO3S. The predicted molar refractivity (Wildman–Crippen MR) is 68.9 cm³/mol. The monoisotopic (exact) mass is 263 g/mol.